The van der Waals surface area contributed by atoms with E-state index in [1.165, 1.54) is 12.1 Å². The fourth-order valence-electron chi connectivity index (χ4n) is 4.85. The molecule has 1 heterocycles. The highest BCUT2D eigenvalue weighted by atomic mass is 35.5. The Morgan fingerprint density at radius 2 is 1.82 bits per heavy atom. The zero-order valence-electron chi connectivity index (χ0n) is 21.9. The maximum atomic E-state index is 13.5. The standard InChI is InChI=1S/C26H34N6O6S.ClH/c27-26(28)31-11-3-4-17(15-31)14-29-23(33)13-22(25(36)32(16-24(34)35)20-8-9-20)30-39(37,38)21-10-7-18-5-1-2-6-19(18)12-21;/h1-2,5-7,10,12,17,20,22,30H,3-4,8-9,11,13-16H2,(H3,27,28)(H,29,33)(H,34,35);1H/t17-,22+;/m0./s1. The summed E-state index contributed by atoms with van der Waals surface area (Å²) < 4.78 is 29.1. The van der Waals surface area contributed by atoms with Crippen LogP contribution in [0.4, 0.5) is 0 Å². The molecule has 6 N–H and O–H groups in total. The highest BCUT2D eigenvalue weighted by Gasteiger charge is 2.39. The molecule has 0 bridgehead atoms. The summed E-state index contributed by atoms with van der Waals surface area (Å²) in [7, 11) is -4.23. The van der Waals surface area contributed by atoms with Crippen LogP contribution in [0.1, 0.15) is 32.1 Å². The average molecular weight is 595 g/mol. The number of guanidine groups is 1. The van der Waals surface area contributed by atoms with Crippen LogP contribution in [0.25, 0.3) is 10.8 Å². The Morgan fingerprint density at radius 1 is 1.12 bits per heavy atom. The maximum absolute atomic E-state index is 13.5. The number of benzene rings is 2. The molecule has 1 aliphatic carbocycles. The van der Waals surface area contributed by atoms with Crippen molar-refractivity contribution in [2.45, 2.75) is 49.1 Å². The van der Waals surface area contributed by atoms with Gasteiger partial charge in [0, 0.05) is 25.7 Å². The van der Waals surface area contributed by atoms with E-state index in [2.05, 4.69) is 10.0 Å². The lowest BCUT2D eigenvalue weighted by atomic mass is 9.98. The lowest BCUT2D eigenvalue weighted by molar-refractivity contribution is -0.146. The van der Waals surface area contributed by atoms with E-state index >= 15 is 0 Å². The van der Waals surface area contributed by atoms with Gasteiger partial charge in [-0.3, -0.25) is 19.8 Å². The number of amides is 2. The van der Waals surface area contributed by atoms with Gasteiger partial charge in [-0.15, -0.1) is 12.4 Å². The van der Waals surface area contributed by atoms with Crippen molar-refractivity contribution in [1.29, 1.82) is 5.41 Å². The van der Waals surface area contributed by atoms with Crippen molar-refractivity contribution in [3.8, 4) is 0 Å². The fraction of sp³-hybridized carbons (Fsp3) is 0.462. The van der Waals surface area contributed by atoms with E-state index < -0.39 is 46.8 Å². The van der Waals surface area contributed by atoms with Crippen molar-refractivity contribution in [3.05, 3.63) is 42.5 Å². The van der Waals surface area contributed by atoms with Gasteiger partial charge >= 0.3 is 5.97 Å². The highest BCUT2D eigenvalue weighted by molar-refractivity contribution is 7.89. The smallest absolute Gasteiger partial charge is 0.323 e. The minimum atomic E-state index is -4.23. The van der Waals surface area contributed by atoms with Gasteiger partial charge in [-0.25, -0.2) is 8.42 Å². The van der Waals surface area contributed by atoms with E-state index in [0.29, 0.717) is 31.3 Å². The molecule has 0 radical (unpaired) electrons. The van der Waals surface area contributed by atoms with Gasteiger partial charge in [0.2, 0.25) is 21.8 Å². The zero-order chi connectivity index (χ0) is 28.2. The predicted octanol–water partition coefficient (Wildman–Crippen LogP) is 1.10. The van der Waals surface area contributed by atoms with E-state index in [1.807, 2.05) is 12.1 Å². The quantitative estimate of drug-likeness (QED) is 0.189. The Morgan fingerprint density at radius 3 is 2.48 bits per heavy atom. The summed E-state index contributed by atoms with van der Waals surface area (Å²) in [6.45, 7) is 0.888. The van der Waals surface area contributed by atoms with Crippen LogP contribution in [-0.2, 0) is 24.4 Å². The lowest BCUT2D eigenvalue weighted by Crippen LogP contribution is -2.52. The van der Waals surface area contributed by atoms with E-state index in [-0.39, 0.29) is 41.8 Å². The number of hydrogen-bond donors (Lipinski definition) is 5. The third kappa shape index (κ3) is 8.05. The predicted molar refractivity (Wildman–Crippen MR) is 152 cm³/mol. The fourth-order valence-corrected chi connectivity index (χ4v) is 6.08. The number of aliphatic carboxylic acids is 1. The molecule has 2 aromatic carbocycles. The Labute approximate surface area is 239 Å². The molecular weight excluding hydrogens is 560 g/mol. The first kappa shape index (κ1) is 31.1. The number of sulfonamides is 1. The van der Waals surface area contributed by atoms with Crippen molar-refractivity contribution in [2.24, 2.45) is 11.7 Å². The summed E-state index contributed by atoms with van der Waals surface area (Å²) in [5.41, 5.74) is 5.59. The van der Waals surface area contributed by atoms with Gasteiger partial charge < -0.3 is 26.0 Å². The number of carboxylic acid groups (broad SMARTS) is 1. The second-order valence-electron chi connectivity index (χ2n) is 10.1. The molecule has 14 heteroatoms. The van der Waals surface area contributed by atoms with Gasteiger partial charge in [0.05, 0.1) is 11.3 Å². The minimum Gasteiger partial charge on any atom is -0.480 e. The Kier molecular flexibility index (Phi) is 10.3. The zero-order valence-corrected chi connectivity index (χ0v) is 23.5. The Hall–Kier alpha value is -3.42. The third-order valence-corrected chi connectivity index (χ3v) is 8.51. The van der Waals surface area contributed by atoms with Crippen molar-refractivity contribution >= 4 is 56.9 Å². The molecule has 4 rings (SSSR count). The van der Waals surface area contributed by atoms with Crippen molar-refractivity contribution < 1.29 is 27.9 Å². The number of halogens is 1. The molecule has 12 nitrogen and oxygen atoms in total. The SMILES string of the molecule is Cl.N=C(N)N1CCC[C@@H](CNC(=O)C[C@@H](NS(=O)(=O)c2ccc3ccccc3c2)C(=O)N(CC(=O)O)C2CC2)C1. The van der Waals surface area contributed by atoms with Crippen LogP contribution >= 0.6 is 12.4 Å². The van der Waals surface area contributed by atoms with E-state index in [1.54, 1.807) is 23.1 Å². The normalized spacial score (nSPS) is 17.9. The molecule has 0 spiro atoms. The van der Waals surface area contributed by atoms with Crippen molar-refractivity contribution in [2.75, 3.05) is 26.2 Å². The average Bonchev–Trinajstić information content (AvgIpc) is 3.75. The summed E-state index contributed by atoms with van der Waals surface area (Å²) in [6.07, 6.45) is 2.39. The topological polar surface area (TPSA) is 186 Å². The van der Waals surface area contributed by atoms with Gasteiger partial charge in [-0.2, -0.15) is 4.72 Å². The Balaban J connectivity index is 0.00000441. The molecular formula is C26H35ClN6O6S. The van der Waals surface area contributed by atoms with Crippen LogP contribution in [0.5, 0.6) is 0 Å². The highest BCUT2D eigenvalue weighted by Crippen LogP contribution is 2.28. The van der Waals surface area contributed by atoms with Gasteiger partial charge in [-0.1, -0.05) is 30.3 Å². The van der Waals surface area contributed by atoms with Gasteiger partial charge in [0.25, 0.3) is 0 Å². The molecule has 2 aliphatic rings. The number of nitrogens with two attached hydrogens (primary N) is 1. The first-order chi connectivity index (χ1) is 18.5. The second kappa shape index (κ2) is 13.3. The summed E-state index contributed by atoms with van der Waals surface area (Å²) in [6, 6.07) is 10.0. The molecule has 0 aromatic heterocycles. The summed E-state index contributed by atoms with van der Waals surface area (Å²) >= 11 is 0. The van der Waals surface area contributed by atoms with Crippen molar-refractivity contribution in [1.82, 2.24) is 19.8 Å². The number of carboxylic acids is 1. The molecule has 1 saturated heterocycles. The summed E-state index contributed by atoms with van der Waals surface area (Å²) in [4.78, 5) is 40.6. The van der Waals surface area contributed by atoms with Gasteiger partial charge in [-0.05, 0) is 54.5 Å². The molecule has 2 amide bonds. The van der Waals surface area contributed by atoms with E-state index in [4.69, 9.17) is 11.1 Å². The van der Waals surface area contributed by atoms with Gasteiger partial charge in [0.15, 0.2) is 5.96 Å². The number of hydrogen-bond acceptors (Lipinski definition) is 6. The van der Waals surface area contributed by atoms with Crippen LogP contribution in [0.3, 0.4) is 0 Å². The largest absolute Gasteiger partial charge is 0.480 e. The number of piperidine rings is 1. The van der Waals surface area contributed by atoms with Crippen LogP contribution in [0.15, 0.2) is 47.4 Å². The number of carbonyl (C=O) groups is 3. The van der Waals surface area contributed by atoms with Crippen LogP contribution in [0.2, 0.25) is 0 Å². The minimum absolute atomic E-state index is 0. The van der Waals surface area contributed by atoms with Crippen LogP contribution in [-0.4, -0.2) is 85.3 Å². The number of nitrogens with one attached hydrogen (secondary N) is 3. The number of rotatable bonds is 11. The third-order valence-electron chi connectivity index (χ3n) is 7.04. The second-order valence-corrected chi connectivity index (χ2v) is 11.8. The van der Waals surface area contributed by atoms with Crippen LogP contribution in [0, 0.1) is 11.3 Å². The summed E-state index contributed by atoms with van der Waals surface area (Å²) in [5.74, 6) is -2.49. The number of likely N-dealkylation sites (tertiary alicyclic amines) is 1. The monoisotopic (exact) mass is 594 g/mol. The molecule has 2 fully saturated rings. The molecule has 1 aliphatic heterocycles. The van der Waals surface area contributed by atoms with Crippen LogP contribution < -0.4 is 15.8 Å². The Bertz CT molecular complexity index is 1370. The molecule has 2 aromatic rings. The van der Waals surface area contributed by atoms with Gasteiger partial charge in [0.1, 0.15) is 12.6 Å². The van der Waals surface area contributed by atoms with Crippen molar-refractivity contribution in [3.63, 3.8) is 0 Å². The summed E-state index contributed by atoms with van der Waals surface area (Å²) in [5, 5.41) is 21.3. The first-order valence-corrected chi connectivity index (χ1v) is 14.4. The first-order valence-electron chi connectivity index (χ1n) is 12.9. The molecule has 2 atom stereocenters. The number of nitrogens with zero attached hydrogens (tertiary/aromatic N) is 2. The number of fused-ring (bicyclic) bond motifs is 1. The molecule has 218 valence electrons. The molecule has 1 saturated carbocycles. The van der Waals surface area contributed by atoms with E-state index in [0.717, 1.165) is 23.1 Å². The van der Waals surface area contributed by atoms with E-state index in [9.17, 15) is 27.9 Å². The number of carbonyl (C=O) groups excluding carboxylic acids is 2. The maximum Gasteiger partial charge on any atom is 0.323 e. The molecule has 40 heavy (non-hydrogen) atoms. The lowest BCUT2D eigenvalue weighted by Gasteiger charge is -2.33. The molecule has 0 unspecified atom stereocenters.